The predicted octanol–water partition coefficient (Wildman–Crippen LogP) is 2.78. The van der Waals surface area contributed by atoms with E-state index in [0.29, 0.717) is 11.4 Å². The van der Waals surface area contributed by atoms with Crippen molar-refractivity contribution in [2.75, 3.05) is 12.4 Å². The molecule has 8 heteroatoms. The number of halogens is 2. The number of fused-ring (bicyclic) bond motifs is 1. The lowest BCUT2D eigenvalue weighted by molar-refractivity contribution is 0.254. The molecule has 1 aromatic carbocycles. The van der Waals surface area contributed by atoms with Crippen LogP contribution in [0.5, 0.6) is 0 Å². The summed E-state index contributed by atoms with van der Waals surface area (Å²) in [6, 6.07) is 4.12. The zero-order valence-electron chi connectivity index (χ0n) is 12.9. The number of thioether (sulfide) groups is 1. The summed E-state index contributed by atoms with van der Waals surface area (Å²) in [6.45, 7) is 1.09. The Morgan fingerprint density at radius 1 is 1.38 bits per heavy atom. The average molecular weight is 350 g/mol. The molecule has 0 spiro atoms. The smallest absolute Gasteiger partial charge is 0.180 e. The highest BCUT2D eigenvalue weighted by molar-refractivity contribution is 8.14. The van der Waals surface area contributed by atoms with E-state index in [9.17, 15) is 8.78 Å². The number of hydrogen-bond acceptors (Lipinski definition) is 6. The van der Waals surface area contributed by atoms with E-state index in [1.165, 1.54) is 36.4 Å². The topological polar surface area (TPSA) is 90.4 Å². The standard InChI is InChI=1S/C16H16F2N4OS/c1-8-13-15(6-17,10-4-9(19)2-3-11(10)18)22-14(20)24-16(8,13)12-5-21-7-23-12/h2-5,7-8,13H,6,19H2,1H3,(H2,20,22)/t8-,13-,15+,16+/m0/s1. The van der Waals surface area contributed by atoms with Crippen LogP contribution in [0.2, 0.25) is 0 Å². The lowest BCUT2D eigenvalue weighted by atomic mass is 9.84. The molecular formula is C16H16F2N4OS. The number of aromatic nitrogens is 1. The minimum absolute atomic E-state index is 0.0168. The van der Waals surface area contributed by atoms with Gasteiger partial charge in [0, 0.05) is 17.2 Å². The number of amidine groups is 1. The fourth-order valence-corrected chi connectivity index (χ4v) is 5.58. The van der Waals surface area contributed by atoms with E-state index in [1.807, 2.05) is 6.92 Å². The van der Waals surface area contributed by atoms with Gasteiger partial charge in [-0.25, -0.2) is 18.8 Å². The molecule has 1 aliphatic heterocycles. The van der Waals surface area contributed by atoms with Gasteiger partial charge in [-0.05, 0) is 24.1 Å². The molecule has 5 nitrogen and oxygen atoms in total. The molecule has 4 N–H and O–H groups in total. The van der Waals surface area contributed by atoms with E-state index in [0.717, 1.165) is 0 Å². The third-order valence-electron chi connectivity index (χ3n) is 5.10. The summed E-state index contributed by atoms with van der Waals surface area (Å²) in [4.78, 5) is 8.32. The van der Waals surface area contributed by atoms with Gasteiger partial charge in [0.25, 0.3) is 0 Å². The SMILES string of the molecule is C[C@H]1[C@@H]2[C@@]1(c1cnco1)SC(N)=N[C@]2(CF)c1cc(N)ccc1F. The van der Waals surface area contributed by atoms with Crippen LogP contribution in [0.25, 0.3) is 0 Å². The summed E-state index contributed by atoms with van der Waals surface area (Å²) in [5.74, 6) is -0.269. The van der Waals surface area contributed by atoms with Crippen LogP contribution in [0.4, 0.5) is 14.5 Å². The van der Waals surface area contributed by atoms with Gasteiger partial charge in [-0.2, -0.15) is 0 Å². The number of oxazole rings is 1. The summed E-state index contributed by atoms with van der Waals surface area (Å²) in [7, 11) is 0. The van der Waals surface area contributed by atoms with Gasteiger partial charge in [-0.3, -0.25) is 0 Å². The molecule has 0 bridgehead atoms. The van der Waals surface area contributed by atoms with Crippen LogP contribution in [-0.2, 0) is 10.3 Å². The number of nitrogen functional groups attached to an aromatic ring is 1. The molecule has 2 aliphatic rings. The van der Waals surface area contributed by atoms with Crippen molar-refractivity contribution in [3.8, 4) is 0 Å². The number of benzene rings is 1. The molecule has 126 valence electrons. The van der Waals surface area contributed by atoms with E-state index in [1.54, 1.807) is 6.20 Å². The highest BCUT2D eigenvalue weighted by Gasteiger charge is 2.76. The lowest BCUT2D eigenvalue weighted by Crippen LogP contribution is -2.39. The largest absolute Gasteiger partial charge is 0.447 e. The second-order valence-corrected chi connectivity index (χ2v) is 7.57. The van der Waals surface area contributed by atoms with Gasteiger partial charge in [0.1, 0.15) is 23.8 Å². The van der Waals surface area contributed by atoms with Crippen LogP contribution in [0.15, 0.2) is 40.2 Å². The Morgan fingerprint density at radius 3 is 2.83 bits per heavy atom. The van der Waals surface area contributed by atoms with Gasteiger partial charge in [0.05, 0.1) is 10.9 Å². The van der Waals surface area contributed by atoms with Crippen molar-refractivity contribution in [2.45, 2.75) is 17.2 Å². The Labute approximate surface area is 141 Å². The Morgan fingerprint density at radius 2 is 2.17 bits per heavy atom. The second kappa shape index (κ2) is 4.95. The van der Waals surface area contributed by atoms with E-state index in [-0.39, 0.29) is 22.6 Å². The van der Waals surface area contributed by atoms with Crippen LogP contribution in [-0.4, -0.2) is 16.8 Å². The van der Waals surface area contributed by atoms with Crippen LogP contribution < -0.4 is 11.5 Å². The molecule has 1 saturated carbocycles. The lowest BCUT2D eigenvalue weighted by Gasteiger charge is -2.34. The molecule has 0 unspecified atom stereocenters. The molecular weight excluding hydrogens is 334 g/mol. The monoisotopic (exact) mass is 350 g/mol. The number of anilines is 1. The molecule has 2 heterocycles. The third kappa shape index (κ3) is 1.80. The molecule has 0 amide bonds. The minimum atomic E-state index is -1.42. The maximum absolute atomic E-state index is 14.5. The number of aliphatic imine (C=N–C) groups is 1. The summed E-state index contributed by atoms with van der Waals surface area (Å²) in [5.41, 5.74) is 10.9. The zero-order valence-corrected chi connectivity index (χ0v) is 13.7. The van der Waals surface area contributed by atoms with Crippen molar-refractivity contribution in [1.82, 2.24) is 4.98 Å². The van der Waals surface area contributed by atoms with Crippen LogP contribution in [0, 0.1) is 17.7 Å². The Bertz CT molecular complexity index is 827. The number of nitrogens with zero attached hydrogens (tertiary/aromatic N) is 2. The molecule has 1 aliphatic carbocycles. The highest BCUT2D eigenvalue weighted by Crippen LogP contribution is 2.74. The molecule has 1 fully saturated rings. The van der Waals surface area contributed by atoms with E-state index >= 15 is 0 Å². The fraction of sp³-hybridized carbons (Fsp3) is 0.375. The van der Waals surface area contributed by atoms with Crippen LogP contribution in [0.3, 0.4) is 0 Å². The maximum Gasteiger partial charge on any atom is 0.180 e. The molecule has 4 rings (SSSR count). The van der Waals surface area contributed by atoms with Gasteiger partial charge in [0.2, 0.25) is 0 Å². The van der Waals surface area contributed by atoms with Crippen molar-refractivity contribution in [2.24, 2.45) is 22.6 Å². The Hall–Kier alpha value is -2.09. The van der Waals surface area contributed by atoms with Crippen molar-refractivity contribution in [1.29, 1.82) is 0 Å². The average Bonchev–Trinajstić information content (AvgIpc) is 2.94. The number of alkyl halides is 1. The van der Waals surface area contributed by atoms with Gasteiger partial charge in [-0.15, -0.1) is 0 Å². The second-order valence-electron chi connectivity index (χ2n) is 6.27. The predicted molar refractivity (Wildman–Crippen MR) is 88.5 cm³/mol. The number of hydrogen-bond donors (Lipinski definition) is 2. The zero-order chi connectivity index (χ0) is 17.1. The number of rotatable bonds is 3. The molecule has 1 aromatic heterocycles. The first kappa shape index (κ1) is 15.4. The molecule has 4 atom stereocenters. The minimum Gasteiger partial charge on any atom is -0.447 e. The van der Waals surface area contributed by atoms with Crippen LogP contribution in [0.1, 0.15) is 18.2 Å². The van der Waals surface area contributed by atoms with E-state index < -0.39 is 22.8 Å². The normalized spacial score (nSPS) is 34.5. The number of nitrogens with two attached hydrogens (primary N) is 2. The van der Waals surface area contributed by atoms with Crippen molar-refractivity contribution in [3.63, 3.8) is 0 Å². The molecule has 2 aromatic rings. The van der Waals surface area contributed by atoms with Crippen molar-refractivity contribution < 1.29 is 13.2 Å². The Kier molecular flexibility index (Phi) is 3.19. The van der Waals surface area contributed by atoms with Gasteiger partial charge in [0.15, 0.2) is 11.6 Å². The van der Waals surface area contributed by atoms with E-state index in [4.69, 9.17) is 15.9 Å². The molecule has 0 radical (unpaired) electrons. The van der Waals surface area contributed by atoms with Gasteiger partial charge >= 0.3 is 0 Å². The van der Waals surface area contributed by atoms with Crippen LogP contribution >= 0.6 is 11.8 Å². The maximum atomic E-state index is 14.5. The first-order valence-corrected chi connectivity index (χ1v) is 8.32. The summed E-state index contributed by atoms with van der Waals surface area (Å²) >= 11 is 1.32. The molecule has 0 saturated heterocycles. The quantitative estimate of drug-likeness (QED) is 0.831. The highest BCUT2D eigenvalue weighted by atomic mass is 32.2. The summed E-state index contributed by atoms with van der Waals surface area (Å²) in [6.07, 6.45) is 2.92. The fourth-order valence-electron chi connectivity index (χ4n) is 4.04. The third-order valence-corrected chi connectivity index (χ3v) is 6.57. The Balaban J connectivity index is 1.93. The van der Waals surface area contributed by atoms with Crippen molar-refractivity contribution in [3.05, 3.63) is 47.9 Å². The van der Waals surface area contributed by atoms with Gasteiger partial charge in [-0.1, -0.05) is 18.7 Å². The van der Waals surface area contributed by atoms with E-state index in [2.05, 4.69) is 9.98 Å². The van der Waals surface area contributed by atoms with Gasteiger partial charge < -0.3 is 15.9 Å². The molecule has 24 heavy (non-hydrogen) atoms. The first-order chi connectivity index (χ1) is 11.5. The summed E-state index contributed by atoms with van der Waals surface area (Å²) < 4.78 is 33.8. The van der Waals surface area contributed by atoms with Crippen molar-refractivity contribution >= 4 is 22.6 Å². The summed E-state index contributed by atoms with van der Waals surface area (Å²) in [5, 5.41) is 0.200. The first-order valence-electron chi connectivity index (χ1n) is 7.50.